The molecule has 1 atom stereocenters. The summed E-state index contributed by atoms with van der Waals surface area (Å²) in [7, 11) is 0. The molecular weight excluding hydrogens is 335 g/mol. The summed E-state index contributed by atoms with van der Waals surface area (Å²) < 4.78 is 13.6. The molecule has 5 nitrogen and oxygen atoms in total. The molecule has 132 valence electrons. The summed E-state index contributed by atoms with van der Waals surface area (Å²) in [6, 6.07) is 11.1. The number of para-hydroxylation sites is 1. The van der Waals surface area contributed by atoms with Crippen LogP contribution >= 0.6 is 0 Å². The van der Waals surface area contributed by atoms with Gasteiger partial charge in [0.05, 0.1) is 11.3 Å². The SMILES string of the molecule is O=C(c1cccc(F)c1)N1C(=O)[C@H]2CCCCN2C(=O)c2ccccc21. The number of benzene rings is 2. The monoisotopic (exact) mass is 352 g/mol. The summed E-state index contributed by atoms with van der Waals surface area (Å²) in [6.07, 6.45) is 2.17. The van der Waals surface area contributed by atoms with Gasteiger partial charge in [0.1, 0.15) is 11.9 Å². The lowest BCUT2D eigenvalue weighted by Gasteiger charge is -2.34. The Balaban J connectivity index is 1.86. The number of anilines is 1. The van der Waals surface area contributed by atoms with Crippen molar-refractivity contribution in [1.29, 1.82) is 0 Å². The van der Waals surface area contributed by atoms with Crippen LogP contribution in [0.25, 0.3) is 0 Å². The van der Waals surface area contributed by atoms with Gasteiger partial charge < -0.3 is 4.90 Å². The average molecular weight is 352 g/mol. The Morgan fingerprint density at radius 2 is 1.85 bits per heavy atom. The third-order valence-corrected chi connectivity index (χ3v) is 4.92. The third kappa shape index (κ3) is 2.58. The van der Waals surface area contributed by atoms with E-state index in [-0.39, 0.29) is 17.2 Å². The fourth-order valence-electron chi connectivity index (χ4n) is 3.66. The summed E-state index contributed by atoms with van der Waals surface area (Å²) in [4.78, 5) is 41.8. The van der Waals surface area contributed by atoms with Crippen LogP contribution in [0.4, 0.5) is 10.1 Å². The van der Waals surface area contributed by atoms with Crippen LogP contribution in [-0.4, -0.2) is 35.2 Å². The van der Waals surface area contributed by atoms with Gasteiger partial charge in [-0.05, 0) is 49.6 Å². The predicted octanol–water partition coefficient (Wildman–Crippen LogP) is 3.01. The van der Waals surface area contributed by atoms with Gasteiger partial charge in [0.15, 0.2) is 0 Å². The number of amides is 3. The molecule has 1 fully saturated rings. The van der Waals surface area contributed by atoms with Crippen molar-refractivity contribution in [2.24, 2.45) is 0 Å². The van der Waals surface area contributed by atoms with Gasteiger partial charge >= 0.3 is 0 Å². The molecule has 2 aromatic carbocycles. The van der Waals surface area contributed by atoms with E-state index in [9.17, 15) is 18.8 Å². The van der Waals surface area contributed by atoms with Crippen molar-refractivity contribution in [1.82, 2.24) is 4.90 Å². The summed E-state index contributed by atoms with van der Waals surface area (Å²) in [5, 5.41) is 0. The molecule has 4 rings (SSSR count). The van der Waals surface area contributed by atoms with Crippen molar-refractivity contribution in [3.05, 3.63) is 65.5 Å². The van der Waals surface area contributed by atoms with Crippen LogP contribution in [0.2, 0.25) is 0 Å². The normalized spacial score (nSPS) is 19.7. The van der Waals surface area contributed by atoms with Crippen molar-refractivity contribution in [3.63, 3.8) is 0 Å². The Morgan fingerprint density at radius 1 is 1.04 bits per heavy atom. The highest BCUT2D eigenvalue weighted by molar-refractivity contribution is 6.26. The Morgan fingerprint density at radius 3 is 2.65 bits per heavy atom. The zero-order chi connectivity index (χ0) is 18.3. The second-order valence-corrected chi connectivity index (χ2v) is 6.52. The van der Waals surface area contributed by atoms with Crippen LogP contribution in [0.3, 0.4) is 0 Å². The largest absolute Gasteiger partial charge is 0.327 e. The summed E-state index contributed by atoms with van der Waals surface area (Å²) >= 11 is 0. The molecular formula is C20H17FN2O3. The molecule has 0 unspecified atom stereocenters. The van der Waals surface area contributed by atoms with E-state index in [4.69, 9.17) is 0 Å². The van der Waals surface area contributed by atoms with E-state index >= 15 is 0 Å². The second kappa shape index (κ2) is 6.37. The van der Waals surface area contributed by atoms with Gasteiger partial charge in [-0.2, -0.15) is 0 Å². The summed E-state index contributed by atoms with van der Waals surface area (Å²) in [5.41, 5.74) is 0.644. The van der Waals surface area contributed by atoms with Gasteiger partial charge in [-0.3, -0.25) is 14.4 Å². The predicted molar refractivity (Wildman–Crippen MR) is 93.3 cm³/mol. The first-order chi connectivity index (χ1) is 12.6. The van der Waals surface area contributed by atoms with Gasteiger partial charge in [0.2, 0.25) is 0 Å². The molecule has 0 bridgehead atoms. The first kappa shape index (κ1) is 16.4. The number of nitrogens with zero attached hydrogens (tertiary/aromatic N) is 2. The highest BCUT2D eigenvalue weighted by Gasteiger charge is 2.42. The van der Waals surface area contributed by atoms with Gasteiger partial charge in [0.25, 0.3) is 17.7 Å². The first-order valence-corrected chi connectivity index (χ1v) is 8.62. The van der Waals surface area contributed by atoms with E-state index in [0.717, 1.165) is 23.8 Å². The standard InChI is InChI=1S/C20H17FN2O3/c21-14-7-5-6-13(12-14)18(24)23-16-9-2-1-8-15(16)19(25)22-11-4-3-10-17(22)20(23)26/h1-2,5-9,12,17H,3-4,10-11H2/t17-/m1/s1. The highest BCUT2D eigenvalue weighted by Crippen LogP contribution is 2.32. The quantitative estimate of drug-likeness (QED) is 0.742. The van der Waals surface area contributed by atoms with E-state index < -0.39 is 23.7 Å². The molecule has 0 aliphatic carbocycles. The van der Waals surface area contributed by atoms with Crippen molar-refractivity contribution >= 4 is 23.4 Å². The van der Waals surface area contributed by atoms with Crippen LogP contribution < -0.4 is 4.90 Å². The van der Waals surface area contributed by atoms with Crippen molar-refractivity contribution in [3.8, 4) is 0 Å². The molecule has 2 aliphatic rings. The average Bonchev–Trinajstić information content (AvgIpc) is 2.76. The Hall–Kier alpha value is -3.02. The maximum Gasteiger partial charge on any atom is 0.265 e. The topological polar surface area (TPSA) is 57.7 Å². The fourth-order valence-corrected chi connectivity index (χ4v) is 3.66. The number of imide groups is 1. The summed E-state index contributed by atoms with van der Waals surface area (Å²) in [5.74, 6) is -1.85. The lowest BCUT2D eigenvalue weighted by Crippen LogP contribution is -2.52. The zero-order valence-electron chi connectivity index (χ0n) is 14.0. The fraction of sp³-hybridized carbons (Fsp3) is 0.250. The van der Waals surface area contributed by atoms with Crippen LogP contribution in [0, 0.1) is 5.82 Å². The Bertz CT molecular complexity index is 911. The number of carbonyl (C=O) groups excluding carboxylic acids is 3. The molecule has 0 radical (unpaired) electrons. The molecule has 0 saturated carbocycles. The number of rotatable bonds is 1. The lowest BCUT2D eigenvalue weighted by atomic mass is 10.0. The van der Waals surface area contributed by atoms with E-state index in [2.05, 4.69) is 0 Å². The van der Waals surface area contributed by atoms with Gasteiger partial charge in [-0.25, -0.2) is 9.29 Å². The van der Waals surface area contributed by atoms with Crippen LogP contribution in [-0.2, 0) is 4.79 Å². The van der Waals surface area contributed by atoms with Crippen LogP contribution in [0.5, 0.6) is 0 Å². The molecule has 0 N–H and O–H groups in total. The molecule has 26 heavy (non-hydrogen) atoms. The number of hydrogen-bond donors (Lipinski definition) is 0. The van der Waals surface area contributed by atoms with Gasteiger partial charge in [-0.15, -0.1) is 0 Å². The number of halogens is 1. The van der Waals surface area contributed by atoms with Crippen LogP contribution in [0.15, 0.2) is 48.5 Å². The molecule has 1 saturated heterocycles. The van der Waals surface area contributed by atoms with E-state index in [1.54, 1.807) is 29.2 Å². The lowest BCUT2D eigenvalue weighted by molar-refractivity contribution is -0.123. The van der Waals surface area contributed by atoms with Gasteiger partial charge in [0, 0.05) is 12.1 Å². The van der Waals surface area contributed by atoms with Crippen molar-refractivity contribution < 1.29 is 18.8 Å². The van der Waals surface area contributed by atoms with Crippen molar-refractivity contribution in [2.75, 3.05) is 11.4 Å². The zero-order valence-corrected chi connectivity index (χ0v) is 14.0. The molecule has 3 amide bonds. The molecule has 2 heterocycles. The first-order valence-electron chi connectivity index (χ1n) is 8.62. The maximum absolute atomic E-state index is 13.6. The molecule has 6 heteroatoms. The van der Waals surface area contributed by atoms with E-state index in [0.29, 0.717) is 18.5 Å². The molecule has 0 aromatic heterocycles. The maximum atomic E-state index is 13.6. The van der Waals surface area contributed by atoms with Gasteiger partial charge in [-0.1, -0.05) is 18.2 Å². The molecule has 0 spiro atoms. The van der Waals surface area contributed by atoms with Crippen molar-refractivity contribution in [2.45, 2.75) is 25.3 Å². The number of hydrogen-bond acceptors (Lipinski definition) is 3. The number of piperidine rings is 1. The third-order valence-electron chi connectivity index (χ3n) is 4.92. The smallest absolute Gasteiger partial charge is 0.265 e. The minimum atomic E-state index is -0.666. The Kier molecular flexibility index (Phi) is 4.03. The number of carbonyl (C=O) groups is 3. The highest BCUT2D eigenvalue weighted by atomic mass is 19.1. The minimum Gasteiger partial charge on any atom is -0.327 e. The Labute approximate surface area is 150 Å². The van der Waals surface area contributed by atoms with Crippen LogP contribution in [0.1, 0.15) is 40.0 Å². The minimum absolute atomic E-state index is 0.0739. The van der Waals surface area contributed by atoms with E-state index in [1.807, 2.05) is 0 Å². The van der Waals surface area contributed by atoms with E-state index in [1.165, 1.54) is 18.2 Å². The summed E-state index contributed by atoms with van der Waals surface area (Å²) in [6.45, 7) is 0.492. The second-order valence-electron chi connectivity index (χ2n) is 6.52. The molecule has 2 aliphatic heterocycles. The number of fused-ring (bicyclic) bond motifs is 2. The molecule has 2 aromatic rings.